The van der Waals surface area contributed by atoms with E-state index in [2.05, 4.69) is 14.6 Å². The molecule has 2 heterocycles. The lowest BCUT2D eigenvalue weighted by Gasteiger charge is -2.20. The SMILES string of the molecule is COC1=C(O)C=CC(C(=O)Nc2ccccc2-c2nc3ccccn3c2CN(C)C)C1. The third kappa shape index (κ3) is 4.18. The van der Waals surface area contributed by atoms with E-state index in [9.17, 15) is 9.90 Å². The Kier molecular flexibility index (Phi) is 5.77. The number of aliphatic hydroxyl groups is 1. The molecule has 1 amide bonds. The Balaban J connectivity index is 1.69. The zero-order valence-electron chi connectivity index (χ0n) is 17.9. The van der Waals surface area contributed by atoms with Gasteiger partial charge in [0.25, 0.3) is 0 Å². The maximum absolute atomic E-state index is 13.0. The molecule has 4 rings (SSSR count). The van der Waals surface area contributed by atoms with Crippen molar-refractivity contribution in [3.63, 3.8) is 0 Å². The van der Waals surface area contributed by atoms with Crippen LogP contribution in [0.3, 0.4) is 0 Å². The predicted molar refractivity (Wildman–Crippen MR) is 121 cm³/mol. The third-order valence-corrected chi connectivity index (χ3v) is 5.30. The number of pyridine rings is 1. The van der Waals surface area contributed by atoms with Crippen molar-refractivity contribution in [3.8, 4) is 11.3 Å². The molecular weight excluding hydrogens is 392 g/mol. The van der Waals surface area contributed by atoms with Crippen molar-refractivity contribution >= 4 is 17.2 Å². The summed E-state index contributed by atoms with van der Waals surface area (Å²) in [7, 11) is 5.53. The Morgan fingerprint density at radius 3 is 2.81 bits per heavy atom. The van der Waals surface area contributed by atoms with Crippen molar-refractivity contribution in [3.05, 3.63) is 78.0 Å². The van der Waals surface area contributed by atoms with E-state index in [4.69, 9.17) is 9.72 Å². The van der Waals surface area contributed by atoms with Crippen molar-refractivity contribution in [2.45, 2.75) is 13.0 Å². The molecule has 0 fully saturated rings. The average Bonchev–Trinajstić information content (AvgIpc) is 3.12. The summed E-state index contributed by atoms with van der Waals surface area (Å²) in [5.41, 5.74) is 4.30. The first-order chi connectivity index (χ1) is 15.0. The highest BCUT2D eigenvalue weighted by Crippen LogP contribution is 2.32. The van der Waals surface area contributed by atoms with E-state index in [0.717, 1.165) is 22.6 Å². The number of carbonyl (C=O) groups is 1. The molecule has 2 N–H and O–H groups in total. The molecule has 7 heteroatoms. The number of carbonyl (C=O) groups excluding carboxylic acids is 1. The van der Waals surface area contributed by atoms with Gasteiger partial charge in [-0.2, -0.15) is 0 Å². The Labute approximate surface area is 181 Å². The fraction of sp³-hybridized carbons (Fsp3) is 0.250. The number of aliphatic hydroxyl groups excluding tert-OH is 1. The fourth-order valence-corrected chi connectivity index (χ4v) is 3.78. The summed E-state index contributed by atoms with van der Waals surface area (Å²) < 4.78 is 7.27. The number of benzene rings is 1. The van der Waals surface area contributed by atoms with Crippen LogP contribution in [0.4, 0.5) is 5.69 Å². The number of amides is 1. The van der Waals surface area contributed by atoms with Crippen LogP contribution in [-0.4, -0.2) is 46.5 Å². The van der Waals surface area contributed by atoms with E-state index in [1.165, 1.54) is 13.2 Å². The van der Waals surface area contributed by atoms with E-state index in [0.29, 0.717) is 24.4 Å². The highest BCUT2D eigenvalue weighted by atomic mass is 16.5. The molecule has 1 unspecified atom stereocenters. The highest BCUT2D eigenvalue weighted by molar-refractivity contribution is 5.98. The van der Waals surface area contributed by atoms with Gasteiger partial charge in [-0.1, -0.05) is 30.3 Å². The van der Waals surface area contributed by atoms with Crippen LogP contribution in [0.15, 0.2) is 72.3 Å². The van der Waals surface area contributed by atoms with E-state index >= 15 is 0 Å². The van der Waals surface area contributed by atoms with Crippen molar-refractivity contribution in [2.24, 2.45) is 5.92 Å². The molecule has 2 aromatic heterocycles. The molecule has 1 atom stereocenters. The van der Waals surface area contributed by atoms with Crippen LogP contribution in [0.25, 0.3) is 16.9 Å². The van der Waals surface area contributed by atoms with E-state index in [1.54, 1.807) is 6.08 Å². The number of nitrogens with one attached hydrogen (secondary N) is 1. The molecule has 1 aliphatic rings. The standard InChI is InChI=1S/C24H26N4O3/c1-27(2)15-19-23(26-22-10-6-7-13-28(19)22)17-8-4-5-9-18(17)25-24(30)16-11-12-20(29)21(14-16)31-3/h4-13,16,29H,14-15H2,1-3H3,(H,25,30). The second kappa shape index (κ2) is 8.65. The zero-order chi connectivity index (χ0) is 22.0. The van der Waals surface area contributed by atoms with Gasteiger partial charge in [-0.25, -0.2) is 4.98 Å². The summed E-state index contributed by atoms with van der Waals surface area (Å²) >= 11 is 0. The molecule has 1 aromatic carbocycles. The smallest absolute Gasteiger partial charge is 0.231 e. The Hall–Kier alpha value is -3.58. The van der Waals surface area contributed by atoms with E-state index < -0.39 is 5.92 Å². The largest absolute Gasteiger partial charge is 0.504 e. The number of anilines is 1. The fourth-order valence-electron chi connectivity index (χ4n) is 3.78. The molecule has 3 aromatic rings. The van der Waals surface area contributed by atoms with E-state index in [1.807, 2.05) is 62.8 Å². The lowest BCUT2D eigenvalue weighted by molar-refractivity contribution is -0.118. The van der Waals surface area contributed by atoms with Crippen LogP contribution in [0.5, 0.6) is 0 Å². The maximum Gasteiger partial charge on any atom is 0.231 e. The van der Waals surface area contributed by atoms with Gasteiger partial charge in [0.15, 0.2) is 5.76 Å². The number of rotatable bonds is 6. The van der Waals surface area contributed by atoms with Crippen LogP contribution in [-0.2, 0) is 16.1 Å². The molecule has 7 nitrogen and oxygen atoms in total. The van der Waals surface area contributed by atoms with Gasteiger partial charge in [0.2, 0.25) is 5.91 Å². The topological polar surface area (TPSA) is 79.1 Å². The van der Waals surface area contributed by atoms with Gasteiger partial charge in [-0.3, -0.25) is 4.79 Å². The van der Waals surface area contributed by atoms with Crippen molar-refractivity contribution in [1.82, 2.24) is 14.3 Å². The number of hydrogen-bond donors (Lipinski definition) is 2. The van der Waals surface area contributed by atoms with Crippen LogP contribution in [0, 0.1) is 5.92 Å². The molecule has 0 radical (unpaired) electrons. The van der Waals surface area contributed by atoms with Crippen molar-refractivity contribution < 1.29 is 14.6 Å². The molecule has 0 aliphatic heterocycles. The van der Waals surface area contributed by atoms with Gasteiger partial charge >= 0.3 is 0 Å². The highest BCUT2D eigenvalue weighted by Gasteiger charge is 2.25. The monoisotopic (exact) mass is 418 g/mol. The van der Waals surface area contributed by atoms with Gasteiger partial charge in [0, 0.05) is 24.7 Å². The molecule has 1 aliphatic carbocycles. The molecule has 0 saturated heterocycles. The summed E-state index contributed by atoms with van der Waals surface area (Å²) in [6.07, 6.45) is 5.52. The first kappa shape index (κ1) is 20.7. The number of ether oxygens (including phenoxy) is 1. The van der Waals surface area contributed by atoms with Gasteiger partial charge in [-0.15, -0.1) is 0 Å². The van der Waals surface area contributed by atoms with E-state index in [-0.39, 0.29) is 11.7 Å². The first-order valence-electron chi connectivity index (χ1n) is 10.1. The van der Waals surface area contributed by atoms with Crippen LogP contribution >= 0.6 is 0 Å². The summed E-state index contributed by atoms with van der Waals surface area (Å²) in [6, 6.07) is 13.6. The molecule has 31 heavy (non-hydrogen) atoms. The van der Waals surface area contributed by atoms with Gasteiger partial charge < -0.3 is 24.5 Å². The lowest BCUT2D eigenvalue weighted by Crippen LogP contribution is -2.24. The summed E-state index contributed by atoms with van der Waals surface area (Å²) in [6.45, 7) is 0.704. The zero-order valence-corrected chi connectivity index (χ0v) is 17.9. The van der Waals surface area contributed by atoms with Crippen molar-refractivity contribution in [2.75, 3.05) is 26.5 Å². The molecular formula is C24H26N4O3. The number of fused-ring (bicyclic) bond motifs is 1. The van der Waals surface area contributed by atoms with Crippen LogP contribution < -0.4 is 5.32 Å². The minimum Gasteiger partial charge on any atom is -0.504 e. The molecule has 160 valence electrons. The molecule has 0 spiro atoms. The first-order valence-corrected chi connectivity index (χ1v) is 10.1. The number of methoxy groups -OCH3 is 1. The number of hydrogen-bond acceptors (Lipinski definition) is 5. The Morgan fingerprint density at radius 2 is 2.03 bits per heavy atom. The van der Waals surface area contributed by atoms with Gasteiger partial charge in [-0.05, 0) is 38.4 Å². The lowest BCUT2D eigenvalue weighted by atomic mass is 9.97. The minimum absolute atomic E-state index is 0.0602. The number of aromatic nitrogens is 2. The number of para-hydroxylation sites is 1. The second-order valence-electron chi connectivity index (χ2n) is 7.79. The Bertz CT molecular complexity index is 1180. The number of nitrogens with zero attached hydrogens (tertiary/aromatic N) is 3. The third-order valence-electron chi connectivity index (χ3n) is 5.30. The molecule has 0 saturated carbocycles. The van der Waals surface area contributed by atoms with Crippen LogP contribution in [0.1, 0.15) is 12.1 Å². The quantitative estimate of drug-likeness (QED) is 0.633. The summed E-state index contributed by atoms with van der Waals surface area (Å²) in [5, 5.41) is 12.9. The predicted octanol–water partition coefficient (Wildman–Crippen LogP) is 3.99. The summed E-state index contributed by atoms with van der Waals surface area (Å²) in [4.78, 5) is 20.0. The normalized spacial score (nSPS) is 16.2. The second-order valence-corrected chi connectivity index (χ2v) is 7.79. The minimum atomic E-state index is -0.429. The maximum atomic E-state index is 13.0. The van der Waals surface area contributed by atoms with Crippen LogP contribution in [0.2, 0.25) is 0 Å². The van der Waals surface area contributed by atoms with Gasteiger partial charge in [0.1, 0.15) is 11.4 Å². The number of allylic oxidation sites excluding steroid dienone is 2. The van der Waals surface area contributed by atoms with Gasteiger partial charge in [0.05, 0.1) is 30.1 Å². The average molecular weight is 418 g/mol. The summed E-state index contributed by atoms with van der Waals surface area (Å²) in [5.74, 6) is -0.126. The molecule has 0 bridgehead atoms. The Morgan fingerprint density at radius 1 is 1.26 bits per heavy atom. The number of imidazole rings is 1. The van der Waals surface area contributed by atoms with Crippen molar-refractivity contribution in [1.29, 1.82) is 0 Å².